The second-order valence-corrected chi connectivity index (χ2v) is 4.43. The third-order valence-corrected chi connectivity index (χ3v) is 3.00. The van der Waals surface area contributed by atoms with Crippen molar-refractivity contribution in [2.75, 3.05) is 5.73 Å². The average Bonchev–Trinajstić information content (AvgIpc) is 2.38. The van der Waals surface area contributed by atoms with E-state index in [9.17, 15) is 15.0 Å². The third-order valence-electron chi connectivity index (χ3n) is 3.00. The Morgan fingerprint density at radius 3 is 2.35 bits per heavy atom. The summed E-state index contributed by atoms with van der Waals surface area (Å²) in [5.41, 5.74) is 6.46. The van der Waals surface area contributed by atoms with Crippen molar-refractivity contribution in [3.8, 4) is 22.8 Å². The van der Waals surface area contributed by atoms with E-state index in [4.69, 9.17) is 10.2 Å². The monoisotopic (exact) mass is 269 g/mol. The smallest absolute Gasteiger partial charge is 0.195 e. The van der Waals surface area contributed by atoms with Crippen LogP contribution in [0.4, 0.5) is 5.69 Å². The van der Waals surface area contributed by atoms with Gasteiger partial charge in [0.25, 0.3) is 0 Å². The Bertz CT molecular complexity index is 850. The summed E-state index contributed by atoms with van der Waals surface area (Å²) in [5, 5.41) is 19.0. The normalized spacial score (nSPS) is 10.8. The maximum atomic E-state index is 12.1. The number of nitrogen functional groups attached to an aromatic ring is 1. The van der Waals surface area contributed by atoms with Crippen LogP contribution in [0.3, 0.4) is 0 Å². The predicted octanol–water partition coefficient (Wildman–Crippen LogP) is 2.45. The van der Waals surface area contributed by atoms with Gasteiger partial charge in [0, 0.05) is 23.8 Å². The molecule has 2 aromatic carbocycles. The first-order valence-electron chi connectivity index (χ1n) is 5.90. The van der Waals surface area contributed by atoms with Crippen LogP contribution in [0, 0.1) is 0 Å². The van der Waals surface area contributed by atoms with Gasteiger partial charge in [-0.05, 0) is 24.3 Å². The summed E-state index contributed by atoms with van der Waals surface area (Å²) in [6.45, 7) is 0. The summed E-state index contributed by atoms with van der Waals surface area (Å²) < 4.78 is 5.61. The van der Waals surface area contributed by atoms with Crippen LogP contribution in [0.15, 0.2) is 51.7 Å². The Labute approximate surface area is 113 Å². The minimum absolute atomic E-state index is 0.0685. The highest BCUT2D eigenvalue weighted by atomic mass is 16.3. The summed E-state index contributed by atoms with van der Waals surface area (Å²) >= 11 is 0. The van der Waals surface area contributed by atoms with Gasteiger partial charge in [0.05, 0.1) is 11.1 Å². The molecule has 0 saturated heterocycles. The van der Waals surface area contributed by atoms with E-state index in [2.05, 4.69) is 0 Å². The van der Waals surface area contributed by atoms with Crippen molar-refractivity contribution in [3.05, 3.63) is 52.7 Å². The molecule has 0 aliphatic heterocycles. The van der Waals surface area contributed by atoms with Gasteiger partial charge in [-0.3, -0.25) is 4.79 Å². The molecule has 3 aromatic rings. The molecule has 20 heavy (non-hydrogen) atoms. The van der Waals surface area contributed by atoms with Crippen molar-refractivity contribution in [2.45, 2.75) is 0 Å². The van der Waals surface area contributed by atoms with Gasteiger partial charge >= 0.3 is 0 Å². The number of benzene rings is 2. The quantitative estimate of drug-likeness (QED) is 0.589. The van der Waals surface area contributed by atoms with Gasteiger partial charge in [-0.15, -0.1) is 0 Å². The lowest BCUT2D eigenvalue weighted by Crippen LogP contribution is -2.03. The molecule has 100 valence electrons. The third kappa shape index (κ3) is 1.95. The first-order valence-corrected chi connectivity index (χ1v) is 5.90. The zero-order chi connectivity index (χ0) is 14.3. The molecule has 0 amide bonds. The molecule has 5 heteroatoms. The zero-order valence-electron chi connectivity index (χ0n) is 10.3. The van der Waals surface area contributed by atoms with E-state index in [1.807, 2.05) is 0 Å². The maximum Gasteiger partial charge on any atom is 0.195 e. The van der Waals surface area contributed by atoms with Crippen molar-refractivity contribution < 1.29 is 14.6 Å². The lowest BCUT2D eigenvalue weighted by Gasteiger charge is -2.05. The molecule has 0 aliphatic carbocycles. The number of phenolic OH excluding ortho intramolecular Hbond substituents is 2. The number of rotatable bonds is 1. The van der Waals surface area contributed by atoms with Crippen LogP contribution in [0.1, 0.15) is 0 Å². The standard InChI is InChI=1S/C15H11NO4/c16-11-5-10(18)6-14-15(11)12(19)7-13(20-14)8-1-3-9(17)4-2-8/h1-7,17-18H,16H2. The molecule has 0 aliphatic rings. The summed E-state index contributed by atoms with van der Waals surface area (Å²) in [5.74, 6) is 0.396. The molecule has 5 nitrogen and oxygen atoms in total. The molecule has 4 N–H and O–H groups in total. The van der Waals surface area contributed by atoms with Crippen LogP contribution in [-0.4, -0.2) is 10.2 Å². The number of aromatic hydroxyl groups is 2. The topological polar surface area (TPSA) is 96.7 Å². The van der Waals surface area contributed by atoms with E-state index >= 15 is 0 Å². The van der Waals surface area contributed by atoms with Crippen LogP contribution >= 0.6 is 0 Å². The fourth-order valence-corrected chi connectivity index (χ4v) is 2.07. The van der Waals surface area contributed by atoms with Gasteiger partial charge < -0.3 is 20.4 Å². The Balaban J connectivity index is 2.29. The highest BCUT2D eigenvalue weighted by Crippen LogP contribution is 2.28. The minimum Gasteiger partial charge on any atom is -0.508 e. The van der Waals surface area contributed by atoms with E-state index in [0.29, 0.717) is 11.3 Å². The van der Waals surface area contributed by atoms with Gasteiger partial charge in [-0.2, -0.15) is 0 Å². The molecule has 1 heterocycles. The van der Waals surface area contributed by atoms with Gasteiger partial charge in [-0.1, -0.05) is 0 Å². The maximum absolute atomic E-state index is 12.1. The number of nitrogens with two attached hydrogens (primary N) is 1. The lowest BCUT2D eigenvalue weighted by molar-refractivity contribution is 0.474. The molecule has 0 spiro atoms. The Morgan fingerprint density at radius 2 is 1.65 bits per heavy atom. The SMILES string of the molecule is Nc1cc(O)cc2oc(-c3ccc(O)cc3)cc(=O)c12. The van der Waals surface area contributed by atoms with Crippen molar-refractivity contribution in [1.29, 1.82) is 0 Å². The van der Waals surface area contributed by atoms with E-state index in [0.717, 1.165) is 0 Å². The summed E-state index contributed by atoms with van der Waals surface area (Å²) in [4.78, 5) is 12.1. The summed E-state index contributed by atoms with van der Waals surface area (Å²) in [6, 6.07) is 10.2. The molecular formula is C15H11NO4. The Hall–Kier alpha value is -2.95. The molecule has 0 fully saturated rings. The Morgan fingerprint density at radius 1 is 0.950 bits per heavy atom. The number of phenols is 2. The van der Waals surface area contributed by atoms with Gasteiger partial charge in [0.1, 0.15) is 22.8 Å². The lowest BCUT2D eigenvalue weighted by atomic mass is 10.1. The zero-order valence-corrected chi connectivity index (χ0v) is 10.3. The van der Waals surface area contributed by atoms with Gasteiger partial charge in [0.2, 0.25) is 0 Å². The molecule has 0 unspecified atom stereocenters. The number of hydrogen-bond acceptors (Lipinski definition) is 5. The number of anilines is 1. The van der Waals surface area contributed by atoms with Gasteiger partial charge in [0.15, 0.2) is 5.43 Å². The molecule has 0 radical (unpaired) electrons. The van der Waals surface area contributed by atoms with Crippen LogP contribution in [0.5, 0.6) is 11.5 Å². The second-order valence-electron chi connectivity index (χ2n) is 4.43. The molecule has 3 rings (SSSR count). The molecule has 0 saturated carbocycles. The van der Waals surface area contributed by atoms with E-state index in [1.165, 1.54) is 30.3 Å². The molecule has 0 bridgehead atoms. The van der Waals surface area contributed by atoms with E-state index in [1.54, 1.807) is 12.1 Å². The van der Waals surface area contributed by atoms with Crippen LogP contribution in [-0.2, 0) is 0 Å². The minimum atomic E-state index is -0.285. The molecule has 1 aromatic heterocycles. The molecular weight excluding hydrogens is 258 g/mol. The number of fused-ring (bicyclic) bond motifs is 1. The van der Waals surface area contributed by atoms with E-state index < -0.39 is 0 Å². The fraction of sp³-hybridized carbons (Fsp3) is 0. The number of hydrogen-bond donors (Lipinski definition) is 3. The van der Waals surface area contributed by atoms with Crippen molar-refractivity contribution in [3.63, 3.8) is 0 Å². The van der Waals surface area contributed by atoms with Crippen molar-refractivity contribution >= 4 is 16.7 Å². The first-order chi connectivity index (χ1) is 9.54. The largest absolute Gasteiger partial charge is 0.508 e. The summed E-state index contributed by atoms with van der Waals surface area (Å²) in [7, 11) is 0. The summed E-state index contributed by atoms with van der Waals surface area (Å²) in [6.07, 6.45) is 0. The van der Waals surface area contributed by atoms with Crippen molar-refractivity contribution in [2.24, 2.45) is 0 Å². The Kier molecular flexibility index (Phi) is 2.61. The highest BCUT2D eigenvalue weighted by Gasteiger charge is 2.10. The fourth-order valence-electron chi connectivity index (χ4n) is 2.07. The van der Waals surface area contributed by atoms with Crippen LogP contribution in [0.25, 0.3) is 22.3 Å². The van der Waals surface area contributed by atoms with Crippen LogP contribution in [0.2, 0.25) is 0 Å². The highest BCUT2D eigenvalue weighted by molar-refractivity contribution is 5.91. The predicted molar refractivity (Wildman–Crippen MR) is 75.7 cm³/mol. The average molecular weight is 269 g/mol. The van der Waals surface area contributed by atoms with Gasteiger partial charge in [-0.25, -0.2) is 0 Å². The second kappa shape index (κ2) is 4.31. The van der Waals surface area contributed by atoms with Crippen molar-refractivity contribution in [1.82, 2.24) is 0 Å². The first kappa shape index (κ1) is 12.1. The van der Waals surface area contributed by atoms with Crippen LogP contribution < -0.4 is 11.2 Å². The molecule has 0 atom stereocenters. The van der Waals surface area contributed by atoms with E-state index in [-0.39, 0.29) is 33.6 Å².